The maximum Gasteiger partial charge on any atom is 0.255 e. The van der Waals surface area contributed by atoms with Crippen LogP contribution in [0.4, 0.5) is 11.4 Å². The molecule has 0 atom stereocenters. The maximum absolute atomic E-state index is 13.1. The normalized spacial score (nSPS) is 14.7. The number of nitrogens with zero attached hydrogens (tertiary/aromatic N) is 1. The molecule has 166 valence electrons. The number of ether oxygens (including phenoxy) is 2. The molecule has 2 aromatic rings. The Bertz CT molecular complexity index is 1090. The van der Waals surface area contributed by atoms with Gasteiger partial charge in [0.15, 0.2) is 0 Å². The zero-order chi connectivity index (χ0) is 22.6. The average molecular weight is 448 g/mol. The number of amides is 2. The summed E-state index contributed by atoms with van der Waals surface area (Å²) in [6, 6.07) is 9.45. The van der Waals surface area contributed by atoms with Crippen molar-refractivity contribution in [2.45, 2.75) is 18.7 Å². The largest absolute Gasteiger partial charge is 0.495 e. The number of methoxy groups -OCH3 is 1. The van der Waals surface area contributed by atoms with E-state index in [0.29, 0.717) is 24.6 Å². The molecule has 2 amide bonds. The van der Waals surface area contributed by atoms with Gasteiger partial charge in [-0.1, -0.05) is 6.07 Å². The van der Waals surface area contributed by atoms with Crippen molar-refractivity contribution in [3.05, 3.63) is 47.5 Å². The second-order valence-corrected chi connectivity index (χ2v) is 8.97. The van der Waals surface area contributed by atoms with Crippen molar-refractivity contribution >= 4 is 33.2 Å². The van der Waals surface area contributed by atoms with Gasteiger partial charge < -0.3 is 20.1 Å². The number of carbonyl (C=O) groups is 2. The number of aryl methyl sites for hydroxylation is 1. The molecule has 10 heteroatoms. The van der Waals surface area contributed by atoms with Crippen molar-refractivity contribution in [3.63, 3.8) is 0 Å². The van der Waals surface area contributed by atoms with Crippen LogP contribution in [0.3, 0.4) is 0 Å². The van der Waals surface area contributed by atoms with Gasteiger partial charge in [0, 0.05) is 25.6 Å². The lowest BCUT2D eigenvalue weighted by molar-refractivity contribution is -0.114. The van der Waals surface area contributed by atoms with Crippen LogP contribution in [0.5, 0.6) is 5.75 Å². The van der Waals surface area contributed by atoms with Gasteiger partial charge in [0.2, 0.25) is 15.9 Å². The lowest BCUT2D eigenvalue weighted by Crippen LogP contribution is -2.40. The quantitative estimate of drug-likeness (QED) is 0.702. The van der Waals surface area contributed by atoms with E-state index in [1.807, 2.05) is 6.92 Å². The average Bonchev–Trinajstić information content (AvgIpc) is 2.75. The third-order valence-corrected chi connectivity index (χ3v) is 6.67. The Morgan fingerprint density at radius 3 is 2.39 bits per heavy atom. The number of nitrogens with one attached hydrogen (secondary N) is 2. The third-order valence-electron chi connectivity index (χ3n) is 4.75. The first-order valence-corrected chi connectivity index (χ1v) is 11.1. The van der Waals surface area contributed by atoms with E-state index in [1.54, 1.807) is 18.2 Å². The molecule has 0 spiro atoms. The minimum absolute atomic E-state index is 0.0872. The maximum atomic E-state index is 13.1. The molecule has 0 unspecified atom stereocenters. The van der Waals surface area contributed by atoms with Crippen molar-refractivity contribution in [1.82, 2.24) is 4.31 Å². The first-order valence-electron chi connectivity index (χ1n) is 9.68. The topological polar surface area (TPSA) is 114 Å². The van der Waals surface area contributed by atoms with Crippen LogP contribution in [-0.2, 0) is 19.6 Å². The van der Waals surface area contributed by atoms with E-state index < -0.39 is 15.9 Å². The summed E-state index contributed by atoms with van der Waals surface area (Å²) in [5.41, 5.74) is 1.88. The highest BCUT2D eigenvalue weighted by atomic mass is 32.2. The van der Waals surface area contributed by atoms with Gasteiger partial charge in [0.25, 0.3) is 5.91 Å². The zero-order valence-corrected chi connectivity index (χ0v) is 18.4. The Morgan fingerprint density at radius 1 is 1.03 bits per heavy atom. The van der Waals surface area contributed by atoms with Gasteiger partial charge in [-0.05, 0) is 42.8 Å². The predicted molar refractivity (Wildman–Crippen MR) is 116 cm³/mol. The number of sulfonamides is 1. The number of rotatable bonds is 6. The summed E-state index contributed by atoms with van der Waals surface area (Å²) in [5.74, 6) is -0.640. The fourth-order valence-electron chi connectivity index (χ4n) is 3.20. The minimum atomic E-state index is -3.87. The highest BCUT2D eigenvalue weighted by Crippen LogP contribution is 2.29. The summed E-state index contributed by atoms with van der Waals surface area (Å²) in [5, 5.41) is 5.41. The molecule has 0 saturated carbocycles. The van der Waals surface area contributed by atoms with Crippen molar-refractivity contribution in [2.24, 2.45) is 0 Å². The lowest BCUT2D eigenvalue weighted by Gasteiger charge is -2.26. The SMILES string of the molecule is COc1ccc(C(=O)Nc2cc(C)ccc2NC(C)=O)cc1S(=O)(=O)N1CCOCC1. The molecule has 1 heterocycles. The molecule has 1 fully saturated rings. The van der Waals surface area contributed by atoms with Gasteiger partial charge in [-0.15, -0.1) is 0 Å². The molecule has 0 aromatic heterocycles. The molecule has 1 aliphatic heterocycles. The van der Waals surface area contributed by atoms with E-state index in [-0.39, 0.29) is 35.2 Å². The van der Waals surface area contributed by atoms with E-state index in [2.05, 4.69) is 10.6 Å². The van der Waals surface area contributed by atoms with E-state index in [1.165, 1.54) is 36.5 Å². The van der Waals surface area contributed by atoms with Crippen LogP contribution in [0.1, 0.15) is 22.8 Å². The van der Waals surface area contributed by atoms with Crippen LogP contribution in [0.15, 0.2) is 41.3 Å². The van der Waals surface area contributed by atoms with E-state index >= 15 is 0 Å². The summed E-state index contributed by atoms with van der Waals surface area (Å²) >= 11 is 0. The highest BCUT2D eigenvalue weighted by Gasteiger charge is 2.30. The van der Waals surface area contributed by atoms with Crippen LogP contribution in [0, 0.1) is 6.92 Å². The van der Waals surface area contributed by atoms with E-state index in [0.717, 1.165) is 5.56 Å². The molecule has 1 aliphatic rings. The molecular weight excluding hydrogens is 422 g/mol. The van der Waals surface area contributed by atoms with Crippen molar-refractivity contribution in [1.29, 1.82) is 0 Å². The highest BCUT2D eigenvalue weighted by molar-refractivity contribution is 7.89. The molecule has 0 aliphatic carbocycles. The molecular formula is C21H25N3O6S. The summed E-state index contributed by atoms with van der Waals surface area (Å²) in [4.78, 5) is 24.3. The molecule has 2 N–H and O–H groups in total. The number of hydrogen-bond acceptors (Lipinski definition) is 6. The van der Waals surface area contributed by atoms with Gasteiger partial charge in [-0.2, -0.15) is 4.31 Å². The standard InChI is InChI=1S/C21H25N3O6S/c1-14-4-6-17(22-15(2)25)18(12-14)23-21(26)16-5-7-19(29-3)20(13-16)31(27,28)24-8-10-30-11-9-24/h4-7,12-13H,8-11H2,1-3H3,(H,22,25)(H,23,26). The second kappa shape index (κ2) is 9.46. The molecule has 2 aromatic carbocycles. The summed E-state index contributed by atoms with van der Waals surface area (Å²) in [6.07, 6.45) is 0. The van der Waals surface area contributed by atoms with Crippen LogP contribution >= 0.6 is 0 Å². The molecule has 0 radical (unpaired) electrons. The number of hydrogen-bond donors (Lipinski definition) is 2. The van der Waals surface area contributed by atoms with Gasteiger partial charge in [0.1, 0.15) is 10.6 Å². The van der Waals surface area contributed by atoms with Crippen molar-refractivity contribution in [3.8, 4) is 5.75 Å². The molecule has 9 nitrogen and oxygen atoms in total. The Kier molecular flexibility index (Phi) is 6.94. The molecule has 1 saturated heterocycles. The fraction of sp³-hybridized carbons (Fsp3) is 0.333. The van der Waals surface area contributed by atoms with Crippen LogP contribution in [0.2, 0.25) is 0 Å². The molecule has 31 heavy (non-hydrogen) atoms. The van der Waals surface area contributed by atoms with Crippen LogP contribution < -0.4 is 15.4 Å². The predicted octanol–water partition coefficient (Wildman–Crippen LogP) is 2.24. The monoisotopic (exact) mass is 447 g/mol. The molecule has 0 bridgehead atoms. The van der Waals surface area contributed by atoms with Crippen molar-refractivity contribution in [2.75, 3.05) is 44.0 Å². The number of anilines is 2. The second-order valence-electron chi connectivity index (χ2n) is 7.07. The Labute approximate surface area is 181 Å². The van der Waals surface area contributed by atoms with Gasteiger partial charge in [-0.3, -0.25) is 9.59 Å². The van der Waals surface area contributed by atoms with E-state index in [9.17, 15) is 18.0 Å². The zero-order valence-electron chi connectivity index (χ0n) is 17.6. The Hall–Kier alpha value is -2.95. The first kappa shape index (κ1) is 22.7. The van der Waals surface area contributed by atoms with Gasteiger partial charge >= 0.3 is 0 Å². The Morgan fingerprint density at radius 2 is 1.74 bits per heavy atom. The summed E-state index contributed by atoms with van der Waals surface area (Å²) < 4.78 is 38.0. The van der Waals surface area contributed by atoms with Crippen LogP contribution in [0.25, 0.3) is 0 Å². The number of carbonyl (C=O) groups excluding carboxylic acids is 2. The minimum Gasteiger partial charge on any atom is -0.495 e. The number of morpholine rings is 1. The number of benzene rings is 2. The Balaban J connectivity index is 1.94. The van der Waals surface area contributed by atoms with E-state index in [4.69, 9.17) is 9.47 Å². The summed E-state index contributed by atoms with van der Waals surface area (Å²) in [7, 11) is -2.50. The first-order chi connectivity index (χ1) is 14.7. The van der Waals surface area contributed by atoms with Crippen LogP contribution in [-0.4, -0.2) is 58.0 Å². The smallest absolute Gasteiger partial charge is 0.255 e. The lowest BCUT2D eigenvalue weighted by atomic mass is 10.1. The third kappa shape index (κ3) is 5.22. The fourth-order valence-corrected chi connectivity index (χ4v) is 4.79. The molecule has 3 rings (SSSR count). The van der Waals surface area contributed by atoms with Gasteiger partial charge in [0.05, 0.1) is 31.7 Å². The van der Waals surface area contributed by atoms with Crippen molar-refractivity contribution < 1.29 is 27.5 Å². The van der Waals surface area contributed by atoms with Gasteiger partial charge in [-0.25, -0.2) is 8.42 Å². The summed E-state index contributed by atoms with van der Waals surface area (Å²) in [6.45, 7) is 4.30.